The van der Waals surface area contributed by atoms with Gasteiger partial charge in [-0.25, -0.2) is 0 Å². The summed E-state index contributed by atoms with van der Waals surface area (Å²) in [6, 6.07) is 9.37. The Morgan fingerprint density at radius 2 is 2.16 bits per heavy atom. The van der Waals surface area contributed by atoms with E-state index in [9.17, 15) is 9.59 Å². The second-order valence-electron chi connectivity index (χ2n) is 6.16. The standard InChI is InChI=1S/C19H21N3O3/c1-13-5-6-16(8-14(13)2)22-11-17(25-12-18(22)23)10-21-19(24)15-4-3-7-20-9-15/h3-9,17H,10-12H2,1-2H3,(H,21,24). The minimum absolute atomic E-state index is 0.0142. The highest BCUT2D eigenvalue weighted by molar-refractivity contribution is 5.95. The van der Waals surface area contributed by atoms with E-state index >= 15 is 0 Å². The van der Waals surface area contributed by atoms with Crippen LogP contribution >= 0.6 is 0 Å². The Hall–Kier alpha value is -2.73. The third-order valence-electron chi connectivity index (χ3n) is 4.35. The molecule has 130 valence electrons. The zero-order chi connectivity index (χ0) is 17.8. The fraction of sp³-hybridized carbons (Fsp3) is 0.316. The summed E-state index contributed by atoms with van der Waals surface area (Å²) in [5.74, 6) is -0.274. The number of rotatable bonds is 4. The lowest BCUT2D eigenvalue weighted by molar-refractivity contribution is -0.129. The Morgan fingerprint density at radius 3 is 2.88 bits per heavy atom. The Labute approximate surface area is 146 Å². The van der Waals surface area contributed by atoms with Gasteiger partial charge < -0.3 is 15.0 Å². The molecule has 25 heavy (non-hydrogen) atoms. The Morgan fingerprint density at radius 1 is 1.32 bits per heavy atom. The average Bonchev–Trinajstić information content (AvgIpc) is 2.64. The van der Waals surface area contributed by atoms with E-state index in [0.717, 1.165) is 11.3 Å². The molecule has 2 aromatic rings. The first-order chi connectivity index (χ1) is 12.0. The molecule has 2 amide bonds. The molecule has 0 spiro atoms. The smallest absolute Gasteiger partial charge is 0.253 e. The van der Waals surface area contributed by atoms with Gasteiger partial charge in [0.1, 0.15) is 6.61 Å². The molecule has 3 rings (SSSR count). The van der Waals surface area contributed by atoms with E-state index in [0.29, 0.717) is 18.7 Å². The second-order valence-corrected chi connectivity index (χ2v) is 6.16. The molecule has 1 aliphatic rings. The number of nitrogens with one attached hydrogen (secondary N) is 1. The first kappa shape index (κ1) is 17.1. The van der Waals surface area contributed by atoms with Crippen LogP contribution in [0, 0.1) is 13.8 Å². The van der Waals surface area contributed by atoms with Crippen molar-refractivity contribution >= 4 is 17.5 Å². The first-order valence-corrected chi connectivity index (χ1v) is 8.22. The summed E-state index contributed by atoms with van der Waals surface area (Å²) in [6.45, 7) is 4.82. The summed E-state index contributed by atoms with van der Waals surface area (Å²) in [4.78, 5) is 30.0. The maximum atomic E-state index is 12.2. The molecule has 1 aromatic heterocycles. The molecule has 0 radical (unpaired) electrons. The Kier molecular flexibility index (Phi) is 5.09. The fourth-order valence-electron chi connectivity index (χ4n) is 2.70. The number of hydrogen-bond donors (Lipinski definition) is 1. The van der Waals surface area contributed by atoms with Gasteiger partial charge in [0.2, 0.25) is 0 Å². The van der Waals surface area contributed by atoms with Crippen molar-refractivity contribution in [1.29, 1.82) is 0 Å². The number of benzene rings is 1. The van der Waals surface area contributed by atoms with Gasteiger partial charge in [-0.3, -0.25) is 14.6 Å². The van der Waals surface area contributed by atoms with Crippen LogP contribution in [0.4, 0.5) is 5.69 Å². The van der Waals surface area contributed by atoms with Crippen molar-refractivity contribution in [1.82, 2.24) is 10.3 Å². The molecule has 0 saturated carbocycles. The molecule has 1 fully saturated rings. The highest BCUT2D eigenvalue weighted by atomic mass is 16.5. The lowest BCUT2D eigenvalue weighted by atomic mass is 10.1. The molecule has 0 aliphatic carbocycles. The van der Waals surface area contributed by atoms with Crippen molar-refractivity contribution in [3.63, 3.8) is 0 Å². The van der Waals surface area contributed by atoms with Crippen LogP contribution in [0.2, 0.25) is 0 Å². The zero-order valence-corrected chi connectivity index (χ0v) is 14.4. The predicted molar refractivity (Wildman–Crippen MR) is 94.6 cm³/mol. The lowest BCUT2D eigenvalue weighted by Gasteiger charge is -2.33. The van der Waals surface area contributed by atoms with Crippen molar-refractivity contribution in [3.8, 4) is 0 Å². The van der Waals surface area contributed by atoms with Crippen molar-refractivity contribution in [2.45, 2.75) is 20.0 Å². The number of ether oxygens (including phenoxy) is 1. The van der Waals surface area contributed by atoms with Crippen LogP contribution in [0.25, 0.3) is 0 Å². The van der Waals surface area contributed by atoms with Gasteiger partial charge in [-0.15, -0.1) is 0 Å². The molecule has 0 bridgehead atoms. The molecule has 2 heterocycles. The van der Waals surface area contributed by atoms with Gasteiger partial charge in [-0.2, -0.15) is 0 Å². The number of nitrogens with zero attached hydrogens (tertiary/aromatic N) is 2. The SMILES string of the molecule is Cc1ccc(N2CC(CNC(=O)c3cccnc3)OCC2=O)cc1C. The van der Waals surface area contributed by atoms with E-state index in [2.05, 4.69) is 10.3 Å². The topological polar surface area (TPSA) is 71.5 Å². The van der Waals surface area contributed by atoms with Crippen molar-refractivity contribution in [2.24, 2.45) is 0 Å². The summed E-state index contributed by atoms with van der Waals surface area (Å²) in [5, 5.41) is 2.83. The third kappa shape index (κ3) is 4.03. The number of amides is 2. The quantitative estimate of drug-likeness (QED) is 0.923. The largest absolute Gasteiger partial charge is 0.365 e. The second kappa shape index (κ2) is 7.44. The summed E-state index contributed by atoms with van der Waals surface area (Å²) >= 11 is 0. The van der Waals surface area contributed by atoms with Gasteiger partial charge in [-0.1, -0.05) is 6.07 Å². The highest BCUT2D eigenvalue weighted by Crippen LogP contribution is 2.21. The van der Waals surface area contributed by atoms with Gasteiger partial charge in [0.25, 0.3) is 11.8 Å². The van der Waals surface area contributed by atoms with Crippen LogP contribution in [-0.4, -0.2) is 42.6 Å². The van der Waals surface area contributed by atoms with Gasteiger partial charge >= 0.3 is 0 Å². The van der Waals surface area contributed by atoms with Crippen LogP contribution in [-0.2, 0) is 9.53 Å². The maximum Gasteiger partial charge on any atom is 0.253 e. The van der Waals surface area contributed by atoms with E-state index in [1.54, 1.807) is 23.2 Å². The van der Waals surface area contributed by atoms with E-state index in [-0.39, 0.29) is 24.5 Å². The van der Waals surface area contributed by atoms with Crippen molar-refractivity contribution in [3.05, 3.63) is 59.4 Å². The lowest BCUT2D eigenvalue weighted by Crippen LogP contribution is -2.50. The molecule has 6 heteroatoms. The summed E-state index contributed by atoms with van der Waals surface area (Å²) in [5.41, 5.74) is 3.68. The van der Waals surface area contributed by atoms with Crippen LogP contribution in [0.3, 0.4) is 0 Å². The normalized spacial score (nSPS) is 17.4. The number of morpholine rings is 1. The summed E-state index contributed by atoms with van der Waals surface area (Å²) < 4.78 is 5.56. The number of carbonyl (C=O) groups is 2. The van der Waals surface area contributed by atoms with Crippen molar-refractivity contribution < 1.29 is 14.3 Å². The Bertz CT molecular complexity index is 777. The van der Waals surface area contributed by atoms with E-state index < -0.39 is 0 Å². The molecule has 1 saturated heterocycles. The fourth-order valence-corrected chi connectivity index (χ4v) is 2.70. The minimum Gasteiger partial charge on any atom is -0.365 e. The monoisotopic (exact) mass is 339 g/mol. The van der Waals surface area contributed by atoms with Gasteiger partial charge in [0.05, 0.1) is 18.2 Å². The molecule has 1 atom stereocenters. The van der Waals surface area contributed by atoms with Crippen LogP contribution in [0.1, 0.15) is 21.5 Å². The number of aromatic nitrogens is 1. The predicted octanol–water partition coefficient (Wildman–Crippen LogP) is 1.86. The Balaban J connectivity index is 1.63. The van der Waals surface area contributed by atoms with Crippen LogP contribution < -0.4 is 10.2 Å². The van der Waals surface area contributed by atoms with E-state index in [1.165, 1.54) is 11.8 Å². The van der Waals surface area contributed by atoms with Crippen LogP contribution in [0.5, 0.6) is 0 Å². The summed E-state index contributed by atoms with van der Waals surface area (Å²) in [7, 11) is 0. The molecular formula is C19H21N3O3. The van der Waals surface area contributed by atoms with E-state index in [1.807, 2.05) is 32.0 Å². The molecule has 6 nitrogen and oxygen atoms in total. The number of pyridine rings is 1. The molecular weight excluding hydrogens is 318 g/mol. The third-order valence-corrected chi connectivity index (χ3v) is 4.35. The molecule has 1 aliphatic heterocycles. The molecule has 1 unspecified atom stereocenters. The van der Waals surface area contributed by atoms with Gasteiger partial charge in [0, 0.05) is 24.6 Å². The van der Waals surface area contributed by atoms with Gasteiger partial charge in [0.15, 0.2) is 0 Å². The highest BCUT2D eigenvalue weighted by Gasteiger charge is 2.28. The molecule has 1 N–H and O–H groups in total. The zero-order valence-electron chi connectivity index (χ0n) is 14.4. The number of aryl methyl sites for hydroxylation is 2. The molecule has 1 aromatic carbocycles. The van der Waals surface area contributed by atoms with Crippen LogP contribution in [0.15, 0.2) is 42.7 Å². The first-order valence-electron chi connectivity index (χ1n) is 8.22. The van der Waals surface area contributed by atoms with E-state index in [4.69, 9.17) is 4.74 Å². The number of anilines is 1. The summed E-state index contributed by atoms with van der Waals surface area (Å²) in [6.07, 6.45) is 2.88. The van der Waals surface area contributed by atoms with Crippen molar-refractivity contribution in [2.75, 3.05) is 24.6 Å². The number of hydrogen-bond acceptors (Lipinski definition) is 4. The maximum absolute atomic E-state index is 12.2. The van der Waals surface area contributed by atoms with Gasteiger partial charge in [-0.05, 0) is 49.2 Å². The average molecular weight is 339 g/mol. The number of carbonyl (C=O) groups excluding carboxylic acids is 2. The minimum atomic E-state index is -0.250.